The van der Waals surface area contributed by atoms with E-state index in [9.17, 15) is 4.79 Å². The van der Waals surface area contributed by atoms with E-state index in [0.717, 1.165) is 16.8 Å². The number of hydrogen-bond donors (Lipinski definition) is 1. The van der Waals surface area contributed by atoms with Gasteiger partial charge < -0.3 is 4.74 Å². The maximum atomic E-state index is 12.2. The quantitative estimate of drug-likeness (QED) is 0.567. The molecule has 1 unspecified atom stereocenters. The van der Waals surface area contributed by atoms with Crippen LogP contribution in [0.3, 0.4) is 0 Å². The summed E-state index contributed by atoms with van der Waals surface area (Å²) in [6, 6.07) is 12.6. The molecule has 132 valence electrons. The maximum absolute atomic E-state index is 12.2. The minimum absolute atomic E-state index is 0.331. The molecule has 0 saturated heterocycles. The van der Waals surface area contributed by atoms with Crippen molar-refractivity contribution in [1.82, 2.24) is 5.43 Å². The van der Waals surface area contributed by atoms with Crippen LogP contribution in [0.15, 0.2) is 47.6 Å². The topological polar surface area (TPSA) is 50.7 Å². The molecular formula is C19H20Cl2N2O2. The monoisotopic (exact) mass is 378 g/mol. The van der Waals surface area contributed by atoms with E-state index >= 15 is 0 Å². The van der Waals surface area contributed by atoms with Crippen molar-refractivity contribution in [2.75, 3.05) is 0 Å². The zero-order valence-corrected chi connectivity index (χ0v) is 15.9. The van der Waals surface area contributed by atoms with E-state index < -0.39 is 6.10 Å². The van der Waals surface area contributed by atoms with E-state index in [4.69, 9.17) is 27.9 Å². The molecule has 0 heterocycles. The largest absolute Gasteiger partial charge is 0.481 e. The number of carbonyl (C=O) groups excluding carboxylic acids is 1. The molecule has 0 aliphatic heterocycles. The molecule has 0 aromatic heterocycles. The number of nitrogens with one attached hydrogen (secondary N) is 1. The summed E-state index contributed by atoms with van der Waals surface area (Å²) in [6.07, 6.45) is -0.0346. The number of hydrazone groups is 1. The van der Waals surface area contributed by atoms with Crippen molar-refractivity contribution in [2.45, 2.75) is 33.3 Å². The molecule has 0 spiro atoms. The number of aryl methyl sites for hydroxylation is 1. The Kier molecular flexibility index (Phi) is 6.85. The van der Waals surface area contributed by atoms with E-state index in [1.54, 1.807) is 31.2 Å². The van der Waals surface area contributed by atoms with Gasteiger partial charge in [-0.25, -0.2) is 5.43 Å². The van der Waals surface area contributed by atoms with Crippen LogP contribution in [0.5, 0.6) is 5.75 Å². The highest BCUT2D eigenvalue weighted by Gasteiger charge is 2.16. The van der Waals surface area contributed by atoms with Crippen molar-refractivity contribution in [3.8, 4) is 5.75 Å². The van der Waals surface area contributed by atoms with Crippen molar-refractivity contribution >= 4 is 34.8 Å². The maximum Gasteiger partial charge on any atom is 0.280 e. The normalized spacial score (nSPS) is 12.6. The summed E-state index contributed by atoms with van der Waals surface area (Å²) in [5.74, 6) is 0.281. The Balaban J connectivity index is 2.04. The summed E-state index contributed by atoms with van der Waals surface area (Å²) in [6.45, 7) is 5.51. The number of hydrogen-bond acceptors (Lipinski definition) is 3. The van der Waals surface area contributed by atoms with E-state index in [1.165, 1.54) is 0 Å². The van der Waals surface area contributed by atoms with Gasteiger partial charge in [-0.2, -0.15) is 5.10 Å². The molecule has 0 saturated carbocycles. The van der Waals surface area contributed by atoms with Gasteiger partial charge in [0.25, 0.3) is 5.91 Å². The average molecular weight is 379 g/mol. The van der Waals surface area contributed by atoms with Crippen molar-refractivity contribution in [3.63, 3.8) is 0 Å². The molecule has 0 aliphatic carbocycles. The summed E-state index contributed by atoms with van der Waals surface area (Å²) in [5.41, 5.74) is 5.04. The minimum Gasteiger partial charge on any atom is -0.481 e. The van der Waals surface area contributed by atoms with Crippen LogP contribution in [-0.4, -0.2) is 17.7 Å². The third-order valence-electron chi connectivity index (χ3n) is 3.60. The first-order valence-corrected chi connectivity index (χ1v) is 8.71. The first kappa shape index (κ1) is 19.3. The Morgan fingerprint density at radius 3 is 2.56 bits per heavy atom. The third-order valence-corrected chi connectivity index (χ3v) is 4.07. The van der Waals surface area contributed by atoms with Crippen LogP contribution >= 0.6 is 23.2 Å². The van der Waals surface area contributed by atoms with E-state index in [2.05, 4.69) is 10.5 Å². The van der Waals surface area contributed by atoms with Gasteiger partial charge in [0, 0.05) is 10.0 Å². The molecule has 2 aromatic rings. The van der Waals surface area contributed by atoms with E-state index in [1.807, 2.05) is 32.0 Å². The van der Waals surface area contributed by atoms with Gasteiger partial charge >= 0.3 is 0 Å². The molecule has 4 nitrogen and oxygen atoms in total. The van der Waals surface area contributed by atoms with Crippen LogP contribution < -0.4 is 10.2 Å². The number of rotatable bonds is 6. The first-order valence-electron chi connectivity index (χ1n) is 7.96. The predicted octanol–water partition coefficient (Wildman–Crippen LogP) is 5.00. The van der Waals surface area contributed by atoms with Gasteiger partial charge in [-0.3, -0.25) is 4.79 Å². The number of benzene rings is 2. The summed E-state index contributed by atoms with van der Waals surface area (Å²) in [4.78, 5) is 12.2. The molecule has 1 amide bonds. The summed E-state index contributed by atoms with van der Waals surface area (Å²) < 4.78 is 5.69. The van der Waals surface area contributed by atoms with Crippen LogP contribution in [0.1, 0.15) is 31.4 Å². The van der Waals surface area contributed by atoms with Gasteiger partial charge in [-0.15, -0.1) is 0 Å². The number of carbonyl (C=O) groups is 1. The van der Waals surface area contributed by atoms with Crippen LogP contribution in [0, 0.1) is 6.92 Å². The van der Waals surface area contributed by atoms with E-state index in [-0.39, 0.29) is 5.91 Å². The number of amides is 1. The summed E-state index contributed by atoms with van der Waals surface area (Å²) >= 11 is 11.9. The molecule has 6 heteroatoms. The minimum atomic E-state index is -0.693. The molecule has 0 radical (unpaired) electrons. The standard InChI is InChI=1S/C19H20Cl2N2O2/c1-4-17(14-6-5-7-15(20)11-14)22-23-19(24)13(3)25-18-9-8-16(21)10-12(18)2/h5-11,13H,4H2,1-3H3,(H,23,24). The molecule has 1 atom stereocenters. The van der Waals surface area contributed by atoms with Gasteiger partial charge in [-0.1, -0.05) is 42.3 Å². The molecule has 1 N–H and O–H groups in total. The van der Waals surface area contributed by atoms with Crippen LogP contribution in [0.2, 0.25) is 10.0 Å². The second-order valence-corrected chi connectivity index (χ2v) is 6.44. The lowest BCUT2D eigenvalue weighted by Crippen LogP contribution is -2.34. The van der Waals surface area contributed by atoms with Crippen molar-refractivity contribution in [1.29, 1.82) is 0 Å². The second kappa shape index (κ2) is 8.88. The van der Waals surface area contributed by atoms with Gasteiger partial charge in [0.05, 0.1) is 5.71 Å². The Morgan fingerprint density at radius 1 is 1.20 bits per heavy atom. The summed E-state index contributed by atoms with van der Waals surface area (Å²) in [7, 11) is 0. The number of halogens is 2. The molecule has 2 aromatic carbocycles. The summed E-state index contributed by atoms with van der Waals surface area (Å²) in [5, 5.41) is 5.46. The highest BCUT2D eigenvalue weighted by molar-refractivity contribution is 6.31. The Labute approximate surface area is 157 Å². The predicted molar refractivity (Wildman–Crippen MR) is 103 cm³/mol. The van der Waals surface area contributed by atoms with Gasteiger partial charge in [-0.05, 0) is 61.7 Å². The van der Waals surface area contributed by atoms with Crippen LogP contribution in [-0.2, 0) is 4.79 Å². The highest BCUT2D eigenvalue weighted by Crippen LogP contribution is 2.22. The molecule has 0 aliphatic rings. The highest BCUT2D eigenvalue weighted by atomic mass is 35.5. The average Bonchev–Trinajstić information content (AvgIpc) is 2.57. The van der Waals surface area contributed by atoms with E-state index in [0.29, 0.717) is 22.2 Å². The lowest BCUT2D eigenvalue weighted by molar-refractivity contribution is -0.127. The SMILES string of the molecule is CCC(=NNC(=O)C(C)Oc1ccc(Cl)cc1C)c1cccc(Cl)c1. The Bertz CT molecular complexity index is 791. The lowest BCUT2D eigenvalue weighted by Gasteiger charge is -2.15. The van der Waals surface area contributed by atoms with Crippen molar-refractivity contribution < 1.29 is 9.53 Å². The fraction of sp³-hybridized carbons (Fsp3) is 0.263. The molecule has 0 fully saturated rings. The Morgan fingerprint density at radius 2 is 1.92 bits per heavy atom. The number of ether oxygens (including phenoxy) is 1. The molecule has 25 heavy (non-hydrogen) atoms. The fourth-order valence-corrected chi connectivity index (χ4v) is 2.64. The van der Waals surface area contributed by atoms with Gasteiger partial charge in [0.2, 0.25) is 0 Å². The van der Waals surface area contributed by atoms with Gasteiger partial charge in [0.1, 0.15) is 5.75 Å². The molecule has 0 bridgehead atoms. The molecular weight excluding hydrogens is 359 g/mol. The van der Waals surface area contributed by atoms with Crippen molar-refractivity contribution in [2.24, 2.45) is 5.10 Å². The second-order valence-electron chi connectivity index (χ2n) is 5.57. The van der Waals surface area contributed by atoms with Crippen molar-refractivity contribution in [3.05, 3.63) is 63.6 Å². The third kappa shape index (κ3) is 5.48. The Hall–Kier alpha value is -2.04. The zero-order valence-electron chi connectivity index (χ0n) is 14.3. The zero-order chi connectivity index (χ0) is 18.4. The molecule has 2 rings (SSSR count). The number of nitrogens with zero attached hydrogens (tertiary/aromatic N) is 1. The first-order chi connectivity index (χ1) is 11.9. The lowest BCUT2D eigenvalue weighted by atomic mass is 10.1. The smallest absolute Gasteiger partial charge is 0.280 e. The van der Waals surface area contributed by atoms with Gasteiger partial charge in [0.15, 0.2) is 6.10 Å². The van der Waals surface area contributed by atoms with Crippen LogP contribution in [0.25, 0.3) is 0 Å². The fourth-order valence-electron chi connectivity index (χ4n) is 2.22. The van der Waals surface area contributed by atoms with Crippen LogP contribution in [0.4, 0.5) is 0 Å².